The molecule has 0 heterocycles. The summed E-state index contributed by atoms with van der Waals surface area (Å²) in [6, 6.07) is 0. The predicted octanol–water partition coefficient (Wildman–Crippen LogP) is 1.14. The number of hydrogen-bond donors (Lipinski definition) is 2. The first kappa shape index (κ1) is 11.5. The van der Waals surface area contributed by atoms with Crippen LogP contribution < -0.4 is 5.73 Å². The Morgan fingerprint density at radius 2 is 2.29 bits per heavy atom. The van der Waals surface area contributed by atoms with Gasteiger partial charge in [0.05, 0.1) is 12.2 Å². The molecule has 1 saturated carbocycles. The maximum Gasteiger partial charge on any atom is 0.323 e. The number of nitrogens with two attached hydrogens (primary N) is 1. The Labute approximate surface area is 84.4 Å². The SMILES string of the molecule is CC(CC(C)(N)C(=O)O)OC1CCC1. The Balaban J connectivity index is 2.30. The van der Waals surface area contributed by atoms with Crippen molar-refractivity contribution in [2.75, 3.05) is 0 Å². The fourth-order valence-electron chi connectivity index (χ4n) is 1.57. The molecule has 0 aromatic heterocycles. The topological polar surface area (TPSA) is 72.6 Å². The lowest BCUT2D eigenvalue weighted by Gasteiger charge is -2.31. The second kappa shape index (κ2) is 4.28. The highest BCUT2D eigenvalue weighted by Gasteiger charge is 2.31. The summed E-state index contributed by atoms with van der Waals surface area (Å²) in [5, 5.41) is 8.81. The summed E-state index contributed by atoms with van der Waals surface area (Å²) in [6.07, 6.45) is 4.02. The van der Waals surface area contributed by atoms with Gasteiger partial charge in [-0.25, -0.2) is 0 Å². The molecule has 14 heavy (non-hydrogen) atoms. The number of hydrogen-bond acceptors (Lipinski definition) is 3. The molecule has 1 fully saturated rings. The van der Waals surface area contributed by atoms with E-state index in [9.17, 15) is 4.79 Å². The van der Waals surface area contributed by atoms with Gasteiger partial charge in [-0.1, -0.05) is 0 Å². The van der Waals surface area contributed by atoms with Gasteiger partial charge in [0.1, 0.15) is 5.54 Å². The summed E-state index contributed by atoms with van der Waals surface area (Å²) in [6.45, 7) is 3.41. The predicted molar refractivity (Wildman–Crippen MR) is 53.0 cm³/mol. The Morgan fingerprint density at radius 1 is 1.71 bits per heavy atom. The van der Waals surface area contributed by atoms with Gasteiger partial charge in [-0.2, -0.15) is 0 Å². The molecule has 3 N–H and O–H groups in total. The maximum absolute atomic E-state index is 10.7. The van der Waals surface area contributed by atoms with Crippen molar-refractivity contribution in [3.63, 3.8) is 0 Å². The molecule has 1 rings (SSSR count). The van der Waals surface area contributed by atoms with Gasteiger partial charge in [0.15, 0.2) is 0 Å². The van der Waals surface area contributed by atoms with Gasteiger partial charge in [0.25, 0.3) is 0 Å². The maximum atomic E-state index is 10.7. The molecule has 0 saturated heterocycles. The Kier molecular flexibility index (Phi) is 3.50. The Bertz CT molecular complexity index is 211. The van der Waals surface area contributed by atoms with Crippen molar-refractivity contribution in [3.05, 3.63) is 0 Å². The van der Waals surface area contributed by atoms with E-state index in [4.69, 9.17) is 15.6 Å². The summed E-state index contributed by atoms with van der Waals surface area (Å²) < 4.78 is 5.63. The molecule has 0 bridgehead atoms. The third kappa shape index (κ3) is 2.96. The number of carbonyl (C=O) groups is 1. The average molecular weight is 201 g/mol. The fraction of sp³-hybridized carbons (Fsp3) is 0.900. The van der Waals surface area contributed by atoms with E-state index in [1.165, 1.54) is 13.3 Å². The van der Waals surface area contributed by atoms with Gasteiger partial charge >= 0.3 is 5.97 Å². The zero-order valence-electron chi connectivity index (χ0n) is 8.82. The second-order valence-electron chi connectivity index (χ2n) is 4.43. The summed E-state index contributed by atoms with van der Waals surface area (Å²) in [5.74, 6) is -0.971. The van der Waals surface area contributed by atoms with Crippen LogP contribution in [0.15, 0.2) is 0 Å². The van der Waals surface area contributed by atoms with Gasteiger partial charge in [-0.3, -0.25) is 4.79 Å². The third-order valence-corrected chi connectivity index (χ3v) is 2.68. The van der Waals surface area contributed by atoms with Crippen LogP contribution >= 0.6 is 0 Å². The van der Waals surface area contributed by atoms with E-state index in [-0.39, 0.29) is 6.10 Å². The van der Waals surface area contributed by atoms with Crippen molar-refractivity contribution >= 4 is 5.97 Å². The number of ether oxygens (including phenoxy) is 1. The monoisotopic (exact) mass is 201 g/mol. The second-order valence-corrected chi connectivity index (χ2v) is 4.43. The molecule has 2 atom stereocenters. The molecule has 4 heteroatoms. The van der Waals surface area contributed by atoms with E-state index in [0.717, 1.165) is 12.8 Å². The molecule has 0 aromatic carbocycles. The third-order valence-electron chi connectivity index (χ3n) is 2.68. The van der Waals surface area contributed by atoms with Gasteiger partial charge in [-0.05, 0) is 33.1 Å². The van der Waals surface area contributed by atoms with Crippen molar-refractivity contribution in [3.8, 4) is 0 Å². The summed E-state index contributed by atoms with van der Waals surface area (Å²) in [7, 11) is 0. The zero-order valence-corrected chi connectivity index (χ0v) is 8.82. The molecular weight excluding hydrogens is 182 g/mol. The Hall–Kier alpha value is -0.610. The minimum atomic E-state index is -1.18. The molecule has 1 aliphatic rings. The van der Waals surface area contributed by atoms with E-state index in [0.29, 0.717) is 12.5 Å². The van der Waals surface area contributed by atoms with Crippen LogP contribution in [0.1, 0.15) is 39.5 Å². The summed E-state index contributed by atoms with van der Waals surface area (Å²) >= 11 is 0. The quantitative estimate of drug-likeness (QED) is 0.699. The summed E-state index contributed by atoms with van der Waals surface area (Å²) in [5.41, 5.74) is 4.44. The smallest absolute Gasteiger partial charge is 0.323 e. The minimum Gasteiger partial charge on any atom is -0.480 e. The minimum absolute atomic E-state index is 0.0774. The van der Waals surface area contributed by atoms with E-state index in [1.54, 1.807) is 0 Å². The van der Waals surface area contributed by atoms with E-state index >= 15 is 0 Å². The molecule has 2 unspecified atom stereocenters. The first-order valence-electron chi connectivity index (χ1n) is 5.09. The molecular formula is C10H19NO3. The standard InChI is InChI=1S/C10H19NO3/c1-7(14-8-4-3-5-8)6-10(2,11)9(12)13/h7-8H,3-6,11H2,1-2H3,(H,12,13). The average Bonchev–Trinajstić information content (AvgIpc) is 1.96. The van der Waals surface area contributed by atoms with Crippen molar-refractivity contribution in [1.82, 2.24) is 0 Å². The van der Waals surface area contributed by atoms with Crippen LogP contribution in [0.4, 0.5) is 0 Å². The van der Waals surface area contributed by atoms with Gasteiger partial charge in [-0.15, -0.1) is 0 Å². The first-order valence-corrected chi connectivity index (χ1v) is 5.09. The molecule has 0 aliphatic heterocycles. The van der Waals surface area contributed by atoms with Gasteiger partial charge < -0.3 is 15.6 Å². The lowest BCUT2D eigenvalue weighted by Crippen LogP contribution is -2.48. The fourth-order valence-corrected chi connectivity index (χ4v) is 1.57. The molecule has 0 spiro atoms. The normalized spacial score (nSPS) is 23.6. The highest BCUT2D eigenvalue weighted by Crippen LogP contribution is 2.25. The van der Waals surface area contributed by atoms with Crippen molar-refractivity contribution in [2.45, 2.75) is 57.3 Å². The molecule has 0 amide bonds. The van der Waals surface area contributed by atoms with Crippen LogP contribution in [0, 0.1) is 0 Å². The Morgan fingerprint density at radius 3 is 2.64 bits per heavy atom. The van der Waals surface area contributed by atoms with Crippen LogP contribution in [0.25, 0.3) is 0 Å². The van der Waals surface area contributed by atoms with Crippen molar-refractivity contribution in [1.29, 1.82) is 0 Å². The van der Waals surface area contributed by atoms with Crippen LogP contribution in [0.2, 0.25) is 0 Å². The van der Waals surface area contributed by atoms with Gasteiger partial charge in [0, 0.05) is 6.42 Å². The van der Waals surface area contributed by atoms with E-state index < -0.39 is 11.5 Å². The number of carboxylic acid groups (broad SMARTS) is 1. The largest absolute Gasteiger partial charge is 0.480 e. The van der Waals surface area contributed by atoms with Crippen molar-refractivity contribution < 1.29 is 14.6 Å². The molecule has 1 aliphatic carbocycles. The lowest BCUT2D eigenvalue weighted by atomic mass is 9.94. The number of aliphatic carboxylic acids is 1. The van der Waals surface area contributed by atoms with E-state index in [1.807, 2.05) is 6.92 Å². The van der Waals surface area contributed by atoms with Crippen LogP contribution in [-0.4, -0.2) is 28.8 Å². The van der Waals surface area contributed by atoms with E-state index in [2.05, 4.69) is 0 Å². The number of carboxylic acids is 1. The lowest BCUT2D eigenvalue weighted by molar-refractivity contribution is -0.145. The molecule has 0 aromatic rings. The van der Waals surface area contributed by atoms with Gasteiger partial charge in [0.2, 0.25) is 0 Å². The first-order chi connectivity index (χ1) is 6.42. The van der Waals surface area contributed by atoms with Crippen molar-refractivity contribution in [2.24, 2.45) is 5.73 Å². The molecule has 0 radical (unpaired) electrons. The molecule has 4 nitrogen and oxygen atoms in total. The number of rotatable bonds is 5. The van der Waals surface area contributed by atoms with Crippen LogP contribution in [0.3, 0.4) is 0 Å². The molecule has 82 valence electrons. The van der Waals surface area contributed by atoms with Crippen LogP contribution in [-0.2, 0) is 9.53 Å². The highest BCUT2D eigenvalue weighted by atomic mass is 16.5. The highest BCUT2D eigenvalue weighted by molar-refractivity contribution is 5.77. The van der Waals surface area contributed by atoms with Crippen LogP contribution in [0.5, 0.6) is 0 Å². The zero-order chi connectivity index (χ0) is 10.8. The summed E-state index contributed by atoms with van der Waals surface area (Å²) in [4.78, 5) is 10.7.